The maximum Gasteiger partial charge on any atom is 0.244 e. The number of amides is 2. The van der Waals surface area contributed by atoms with Gasteiger partial charge < -0.3 is 19.9 Å². The number of halogens is 1. The Morgan fingerprint density at radius 2 is 1.77 bits per heavy atom. The third kappa shape index (κ3) is 5.73. The molecule has 30 heavy (non-hydrogen) atoms. The summed E-state index contributed by atoms with van der Waals surface area (Å²) in [6, 6.07) is 7.37. The van der Waals surface area contributed by atoms with Crippen LogP contribution >= 0.6 is 12.4 Å². The lowest BCUT2D eigenvalue weighted by Gasteiger charge is -2.36. The highest BCUT2D eigenvalue weighted by atomic mass is 35.5. The van der Waals surface area contributed by atoms with Crippen molar-refractivity contribution in [3.8, 4) is 5.75 Å². The van der Waals surface area contributed by atoms with Gasteiger partial charge in [-0.2, -0.15) is 5.10 Å². The SMILES string of the molecule is CNC(C(=O)N1CCN(C(=O)CCc2ccc(OC)cc2)CC1)c1cnn(C)c1.Cl. The first-order valence-electron chi connectivity index (χ1n) is 9.87. The van der Waals surface area contributed by atoms with Crippen molar-refractivity contribution in [3.05, 3.63) is 47.8 Å². The van der Waals surface area contributed by atoms with Crippen molar-refractivity contribution < 1.29 is 14.3 Å². The Morgan fingerprint density at radius 3 is 2.30 bits per heavy atom. The van der Waals surface area contributed by atoms with E-state index >= 15 is 0 Å². The average molecular weight is 436 g/mol. The first-order valence-corrected chi connectivity index (χ1v) is 9.87. The number of ether oxygens (including phenoxy) is 1. The molecule has 3 rings (SSSR count). The van der Waals surface area contributed by atoms with E-state index in [2.05, 4.69) is 10.4 Å². The number of rotatable bonds is 7. The smallest absolute Gasteiger partial charge is 0.244 e. The molecule has 0 spiro atoms. The van der Waals surface area contributed by atoms with E-state index in [-0.39, 0.29) is 24.2 Å². The first kappa shape index (κ1) is 23.7. The number of nitrogens with one attached hydrogen (secondary N) is 1. The minimum absolute atomic E-state index is 0. The molecule has 0 bridgehead atoms. The van der Waals surface area contributed by atoms with Crippen molar-refractivity contribution in [1.82, 2.24) is 24.9 Å². The van der Waals surface area contributed by atoms with Gasteiger partial charge in [0.15, 0.2) is 0 Å². The predicted molar refractivity (Wildman–Crippen MR) is 117 cm³/mol. The molecule has 0 aliphatic carbocycles. The zero-order chi connectivity index (χ0) is 20.8. The Balaban J connectivity index is 0.00000320. The molecule has 2 aromatic rings. The summed E-state index contributed by atoms with van der Waals surface area (Å²) in [6.45, 7) is 2.23. The molecule has 1 N–H and O–H groups in total. The van der Waals surface area contributed by atoms with Crippen molar-refractivity contribution >= 4 is 24.2 Å². The maximum atomic E-state index is 12.9. The zero-order valence-corrected chi connectivity index (χ0v) is 18.5. The van der Waals surface area contributed by atoms with Crippen molar-refractivity contribution in [2.75, 3.05) is 40.3 Å². The van der Waals surface area contributed by atoms with Gasteiger partial charge in [-0.15, -0.1) is 12.4 Å². The van der Waals surface area contributed by atoms with E-state index in [1.807, 2.05) is 47.3 Å². The molecule has 1 aliphatic rings. The van der Waals surface area contributed by atoms with E-state index in [9.17, 15) is 9.59 Å². The normalized spacial score (nSPS) is 14.8. The van der Waals surface area contributed by atoms with Crippen LogP contribution in [-0.4, -0.2) is 71.7 Å². The van der Waals surface area contributed by atoms with Gasteiger partial charge in [0.25, 0.3) is 0 Å². The summed E-state index contributed by atoms with van der Waals surface area (Å²) in [5, 5.41) is 7.22. The zero-order valence-electron chi connectivity index (χ0n) is 17.7. The Labute approximate surface area is 183 Å². The third-order valence-corrected chi connectivity index (χ3v) is 5.32. The monoisotopic (exact) mass is 435 g/mol. The molecule has 2 heterocycles. The summed E-state index contributed by atoms with van der Waals surface area (Å²) in [7, 11) is 5.24. The van der Waals surface area contributed by atoms with Gasteiger partial charge in [0.05, 0.1) is 13.3 Å². The number of carbonyl (C=O) groups excluding carboxylic acids is 2. The summed E-state index contributed by atoms with van der Waals surface area (Å²) < 4.78 is 6.84. The fourth-order valence-corrected chi connectivity index (χ4v) is 3.58. The maximum absolute atomic E-state index is 12.9. The number of aromatic nitrogens is 2. The van der Waals surface area contributed by atoms with E-state index in [1.165, 1.54) is 0 Å². The van der Waals surface area contributed by atoms with E-state index in [0.717, 1.165) is 16.9 Å². The van der Waals surface area contributed by atoms with Crippen molar-refractivity contribution in [2.45, 2.75) is 18.9 Å². The Hall–Kier alpha value is -2.58. The summed E-state index contributed by atoms with van der Waals surface area (Å²) in [6.07, 6.45) is 4.72. The van der Waals surface area contributed by atoms with Crippen LogP contribution in [0.15, 0.2) is 36.7 Å². The van der Waals surface area contributed by atoms with Crippen molar-refractivity contribution in [2.24, 2.45) is 7.05 Å². The number of nitrogens with zero attached hydrogens (tertiary/aromatic N) is 4. The molecule has 1 aliphatic heterocycles. The molecule has 0 saturated carbocycles. The minimum atomic E-state index is -0.416. The van der Waals surface area contributed by atoms with Crippen LogP contribution in [0.25, 0.3) is 0 Å². The van der Waals surface area contributed by atoms with Crippen LogP contribution in [0.2, 0.25) is 0 Å². The summed E-state index contributed by atoms with van der Waals surface area (Å²) >= 11 is 0. The molecular formula is C21H30ClN5O3. The van der Waals surface area contributed by atoms with Gasteiger partial charge >= 0.3 is 0 Å². The molecule has 1 atom stereocenters. The summed E-state index contributed by atoms with van der Waals surface area (Å²) in [5.74, 6) is 0.961. The molecule has 164 valence electrons. The highest BCUT2D eigenvalue weighted by Crippen LogP contribution is 2.17. The van der Waals surface area contributed by atoms with E-state index in [4.69, 9.17) is 4.74 Å². The molecular weight excluding hydrogens is 406 g/mol. The van der Waals surface area contributed by atoms with Crippen molar-refractivity contribution in [3.63, 3.8) is 0 Å². The molecule has 1 aromatic carbocycles. The highest BCUT2D eigenvalue weighted by Gasteiger charge is 2.29. The van der Waals surface area contributed by atoms with E-state index in [1.54, 1.807) is 25.0 Å². The standard InChI is InChI=1S/C21H29N5O3.ClH/c1-22-20(17-14-23-24(2)15-17)21(28)26-12-10-25(11-13-26)19(27)9-6-16-4-7-18(29-3)8-5-16;/h4-5,7-8,14-15,20,22H,6,9-13H2,1-3H3;1H. The van der Waals surface area contributed by atoms with Gasteiger partial charge in [-0.3, -0.25) is 14.3 Å². The van der Waals surface area contributed by atoms with E-state index in [0.29, 0.717) is 39.0 Å². The van der Waals surface area contributed by atoms with Crippen LogP contribution in [-0.2, 0) is 23.1 Å². The molecule has 1 fully saturated rings. The molecule has 1 unspecified atom stereocenters. The second kappa shape index (κ2) is 11.0. The van der Waals surface area contributed by atoms with Crippen LogP contribution in [0.5, 0.6) is 5.75 Å². The van der Waals surface area contributed by atoms with Crippen LogP contribution in [0.1, 0.15) is 23.6 Å². The largest absolute Gasteiger partial charge is 0.497 e. The molecule has 8 nitrogen and oxygen atoms in total. The van der Waals surface area contributed by atoms with Crippen LogP contribution in [0, 0.1) is 0 Å². The first-order chi connectivity index (χ1) is 14.0. The molecule has 0 radical (unpaired) electrons. The fraction of sp³-hybridized carbons (Fsp3) is 0.476. The lowest BCUT2D eigenvalue weighted by molar-refractivity contribution is -0.140. The number of benzene rings is 1. The average Bonchev–Trinajstić information content (AvgIpc) is 3.18. The molecule has 9 heteroatoms. The van der Waals surface area contributed by atoms with Crippen LogP contribution in [0.3, 0.4) is 0 Å². The third-order valence-electron chi connectivity index (χ3n) is 5.32. The lowest BCUT2D eigenvalue weighted by atomic mass is 10.1. The van der Waals surface area contributed by atoms with Gasteiger partial charge in [-0.1, -0.05) is 12.1 Å². The minimum Gasteiger partial charge on any atom is -0.497 e. The molecule has 1 saturated heterocycles. The quantitative estimate of drug-likeness (QED) is 0.711. The number of hydrogen-bond acceptors (Lipinski definition) is 5. The second-order valence-electron chi connectivity index (χ2n) is 7.22. The highest BCUT2D eigenvalue weighted by molar-refractivity contribution is 5.85. The number of aryl methyl sites for hydroxylation is 2. The Morgan fingerprint density at radius 1 is 1.13 bits per heavy atom. The number of carbonyl (C=O) groups is 2. The Bertz CT molecular complexity index is 831. The molecule has 2 amide bonds. The topological polar surface area (TPSA) is 79.7 Å². The van der Waals surface area contributed by atoms with Crippen LogP contribution < -0.4 is 10.1 Å². The number of hydrogen-bond donors (Lipinski definition) is 1. The lowest BCUT2D eigenvalue weighted by Crippen LogP contribution is -2.52. The van der Waals surface area contributed by atoms with Crippen LogP contribution in [0.4, 0.5) is 0 Å². The van der Waals surface area contributed by atoms with Crippen molar-refractivity contribution in [1.29, 1.82) is 0 Å². The molecule has 1 aromatic heterocycles. The Kier molecular flexibility index (Phi) is 8.68. The van der Waals surface area contributed by atoms with Gasteiger partial charge in [0, 0.05) is 51.4 Å². The fourth-order valence-electron chi connectivity index (χ4n) is 3.58. The summed E-state index contributed by atoms with van der Waals surface area (Å²) in [5.41, 5.74) is 1.96. The number of methoxy groups -OCH3 is 1. The van der Waals surface area contributed by atoms with E-state index < -0.39 is 6.04 Å². The second-order valence-corrected chi connectivity index (χ2v) is 7.22. The van der Waals surface area contributed by atoms with Gasteiger partial charge in [-0.25, -0.2) is 0 Å². The number of piperazine rings is 1. The van der Waals surface area contributed by atoms with Gasteiger partial charge in [-0.05, 0) is 31.2 Å². The van der Waals surface area contributed by atoms with Gasteiger partial charge in [0.1, 0.15) is 11.8 Å². The number of likely N-dealkylation sites (N-methyl/N-ethyl adjacent to an activating group) is 1. The van der Waals surface area contributed by atoms with Gasteiger partial charge in [0.2, 0.25) is 11.8 Å². The predicted octanol–water partition coefficient (Wildman–Crippen LogP) is 1.41. The summed E-state index contributed by atoms with van der Waals surface area (Å²) in [4.78, 5) is 29.1.